The minimum Gasteiger partial charge on any atom is -0.393 e. The lowest BCUT2D eigenvalue weighted by Crippen LogP contribution is -2.35. The van der Waals surface area contributed by atoms with E-state index in [4.69, 9.17) is 5.11 Å². The number of carbonyl (C=O) groups is 1. The van der Waals surface area contributed by atoms with Gasteiger partial charge in [0.15, 0.2) is 0 Å². The van der Waals surface area contributed by atoms with Crippen LogP contribution in [0.5, 0.6) is 0 Å². The Morgan fingerprint density at radius 1 is 1.62 bits per heavy atom. The van der Waals surface area contributed by atoms with Crippen LogP contribution >= 0.6 is 0 Å². The van der Waals surface area contributed by atoms with Gasteiger partial charge in [0.1, 0.15) is 12.4 Å². The highest BCUT2D eigenvalue weighted by atomic mass is 16.3. The van der Waals surface area contributed by atoms with Crippen LogP contribution in [0.1, 0.15) is 31.8 Å². The number of rotatable bonds is 8. The van der Waals surface area contributed by atoms with E-state index < -0.39 is 6.10 Å². The van der Waals surface area contributed by atoms with E-state index in [0.29, 0.717) is 37.3 Å². The van der Waals surface area contributed by atoms with Crippen molar-refractivity contribution < 1.29 is 9.90 Å². The summed E-state index contributed by atoms with van der Waals surface area (Å²) in [5, 5.41) is 11.8. The molecule has 0 aliphatic rings. The number of hydrogen-bond acceptors (Lipinski definition) is 4. The molecule has 1 heterocycles. The average Bonchev–Trinajstić information content (AvgIpc) is 2.41. The van der Waals surface area contributed by atoms with E-state index in [1.54, 1.807) is 13.0 Å². The molecule has 6 heteroatoms. The number of aryl methyl sites for hydroxylation is 1. The summed E-state index contributed by atoms with van der Waals surface area (Å²) in [6.45, 7) is 7.51. The van der Waals surface area contributed by atoms with Crippen molar-refractivity contribution in [2.75, 3.05) is 6.54 Å². The van der Waals surface area contributed by atoms with Gasteiger partial charge in [-0.15, -0.1) is 6.58 Å². The lowest BCUT2D eigenvalue weighted by molar-refractivity contribution is -0.121. The highest BCUT2D eigenvalue weighted by Gasteiger charge is 2.10. The topological polar surface area (TPSA) is 84.2 Å². The van der Waals surface area contributed by atoms with Crippen LogP contribution in [0.2, 0.25) is 0 Å². The molecule has 0 aromatic carbocycles. The summed E-state index contributed by atoms with van der Waals surface area (Å²) in [4.78, 5) is 28.3. The zero-order valence-electron chi connectivity index (χ0n) is 12.6. The van der Waals surface area contributed by atoms with Crippen molar-refractivity contribution in [3.63, 3.8) is 0 Å². The van der Waals surface area contributed by atoms with Gasteiger partial charge in [-0.25, -0.2) is 4.98 Å². The minimum atomic E-state index is -0.459. The molecule has 2 N–H and O–H groups in total. The Morgan fingerprint density at radius 3 is 2.90 bits per heavy atom. The van der Waals surface area contributed by atoms with Gasteiger partial charge < -0.3 is 10.4 Å². The second-order valence-corrected chi connectivity index (χ2v) is 4.92. The summed E-state index contributed by atoms with van der Waals surface area (Å²) in [5.41, 5.74) is 0.432. The van der Waals surface area contributed by atoms with Crippen LogP contribution in [-0.4, -0.2) is 33.2 Å². The Hall–Kier alpha value is -1.95. The van der Waals surface area contributed by atoms with Gasteiger partial charge in [0.05, 0.1) is 11.8 Å². The van der Waals surface area contributed by atoms with E-state index >= 15 is 0 Å². The van der Waals surface area contributed by atoms with Gasteiger partial charge >= 0.3 is 0 Å². The van der Waals surface area contributed by atoms with E-state index in [2.05, 4.69) is 16.9 Å². The van der Waals surface area contributed by atoms with Gasteiger partial charge in [0.25, 0.3) is 5.56 Å². The summed E-state index contributed by atoms with van der Waals surface area (Å²) in [7, 11) is 0. The van der Waals surface area contributed by atoms with Crippen molar-refractivity contribution in [2.45, 2.75) is 45.8 Å². The van der Waals surface area contributed by atoms with Gasteiger partial charge in [0.2, 0.25) is 5.91 Å². The molecule has 0 fully saturated rings. The van der Waals surface area contributed by atoms with Crippen LogP contribution < -0.4 is 10.9 Å². The molecule has 1 rings (SSSR count). The third-order valence-electron chi connectivity index (χ3n) is 3.00. The highest BCUT2D eigenvalue weighted by Crippen LogP contribution is 1.99. The average molecular weight is 293 g/mol. The third kappa shape index (κ3) is 5.51. The Bertz CT molecular complexity index is 550. The number of hydrogen-bond donors (Lipinski definition) is 2. The van der Waals surface area contributed by atoms with E-state index in [9.17, 15) is 9.59 Å². The molecule has 116 valence electrons. The van der Waals surface area contributed by atoms with E-state index in [0.717, 1.165) is 0 Å². The van der Waals surface area contributed by atoms with Crippen LogP contribution in [0.4, 0.5) is 0 Å². The highest BCUT2D eigenvalue weighted by molar-refractivity contribution is 5.75. The lowest BCUT2D eigenvalue weighted by Gasteiger charge is -2.12. The maximum atomic E-state index is 12.1. The van der Waals surface area contributed by atoms with Crippen molar-refractivity contribution in [3.8, 4) is 0 Å². The fourth-order valence-corrected chi connectivity index (χ4v) is 1.92. The molecule has 6 nitrogen and oxygen atoms in total. The van der Waals surface area contributed by atoms with E-state index in [1.807, 2.05) is 6.92 Å². The molecule has 0 unspecified atom stereocenters. The summed E-state index contributed by atoms with van der Waals surface area (Å²) in [6.07, 6.45) is 2.82. The SMILES string of the molecule is C=CCc1cc(=O)n(CC(=O)NCC[C@H](C)O)c(CC)n1. The number of carbonyl (C=O) groups excluding carboxylic acids is 1. The van der Waals surface area contributed by atoms with Crippen LogP contribution in [0.25, 0.3) is 0 Å². The first kappa shape index (κ1) is 17.1. The van der Waals surface area contributed by atoms with Gasteiger partial charge in [0, 0.05) is 25.5 Å². The van der Waals surface area contributed by atoms with Crippen molar-refractivity contribution in [3.05, 3.63) is 40.6 Å². The molecule has 1 atom stereocenters. The van der Waals surface area contributed by atoms with Crippen LogP contribution in [-0.2, 0) is 24.2 Å². The van der Waals surface area contributed by atoms with E-state index in [1.165, 1.54) is 10.6 Å². The number of amides is 1. The largest absolute Gasteiger partial charge is 0.393 e. The summed E-state index contributed by atoms with van der Waals surface area (Å²) >= 11 is 0. The molecule has 0 saturated heterocycles. The molecule has 0 aliphatic carbocycles. The molecular formula is C15H23N3O3. The first-order valence-electron chi connectivity index (χ1n) is 7.13. The van der Waals surface area contributed by atoms with Crippen LogP contribution in [0.3, 0.4) is 0 Å². The first-order valence-corrected chi connectivity index (χ1v) is 7.13. The maximum absolute atomic E-state index is 12.1. The number of aromatic nitrogens is 2. The Balaban J connectivity index is 2.80. The van der Waals surface area contributed by atoms with Gasteiger partial charge in [-0.3, -0.25) is 14.2 Å². The standard InChI is InChI=1S/C15H23N3O3/c1-4-6-12-9-15(21)18(13(5-2)17-12)10-14(20)16-8-7-11(3)19/h4,9,11,19H,1,5-8,10H2,2-3H3,(H,16,20)/t11-/m0/s1. The van der Waals surface area contributed by atoms with Crippen molar-refractivity contribution in [1.29, 1.82) is 0 Å². The molecule has 1 amide bonds. The second kappa shape index (κ2) is 8.36. The Labute approximate surface area is 124 Å². The zero-order valence-corrected chi connectivity index (χ0v) is 12.6. The predicted octanol–water partition coefficient (Wildman–Crippen LogP) is 0.421. The Morgan fingerprint density at radius 2 is 2.33 bits per heavy atom. The molecule has 21 heavy (non-hydrogen) atoms. The number of aliphatic hydroxyl groups excluding tert-OH is 1. The molecule has 0 aliphatic heterocycles. The molecule has 1 aromatic rings. The predicted molar refractivity (Wildman–Crippen MR) is 81.1 cm³/mol. The summed E-state index contributed by atoms with van der Waals surface area (Å²) < 4.78 is 1.38. The smallest absolute Gasteiger partial charge is 0.254 e. The second-order valence-electron chi connectivity index (χ2n) is 4.92. The third-order valence-corrected chi connectivity index (χ3v) is 3.00. The van der Waals surface area contributed by atoms with Crippen LogP contribution in [0.15, 0.2) is 23.5 Å². The number of allylic oxidation sites excluding steroid dienone is 1. The molecule has 0 spiro atoms. The molecular weight excluding hydrogens is 270 g/mol. The number of nitrogens with one attached hydrogen (secondary N) is 1. The molecule has 1 aromatic heterocycles. The zero-order chi connectivity index (χ0) is 15.8. The van der Waals surface area contributed by atoms with Crippen molar-refractivity contribution in [2.24, 2.45) is 0 Å². The fourth-order valence-electron chi connectivity index (χ4n) is 1.92. The van der Waals surface area contributed by atoms with Crippen molar-refractivity contribution in [1.82, 2.24) is 14.9 Å². The molecule has 0 radical (unpaired) electrons. The molecule has 0 bridgehead atoms. The van der Waals surface area contributed by atoms with E-state index in [-0.39, 0.29) is 18.0 Å². The quantitative estimate of drug-likeness (QED) is 0.680. The first-order chi connectivity index (χ1) is 9.97. The summed E-state index contributed by atoms with van der Waals surface area (Å²) in [5.74, 6) is 0.329. The number of nitrogens with zero attached hydrogens (tertiary/aromatic N) is 2. The number of aliphatic hydroxyl groups is 1. The summed E-state index contributed by atoms with van der Waals surface area (Å²) in [6, 6.07) is 1.43. The van der Waals surface area contributed by atoms with Gasteiger partial charge in [-0.2, -0.15) is 0 Å². The van der Waals surface area contributed by atoms with Gasteiger partial charge in [-0.1, -0.05) is 13.0 Å². The van der Waals surface area contributed by atoms with Crippen LogP contribution in [0, 0.1) is 0 Å². The van der Waals surface area contributed by atoms with Crippen molar-refractivity contribution >= 4 is 5.91 Å². The Kier molecular flexibility index (Phi) is 6.81. The fraction of sp³-hybridized carbons (Fsp3) is 0.533. The maximum Gasteiger partial charge on any atom is 0.254 e. The normalized spacial score (nSPS) is 12.0. The molecule has 0 saturated carbocycles. The van der Waals surface area contributed by atoms with Gasteiger partial charge in [-0.05, 0) is 13.3 Å². The minimum absolute atomic E-state index is 0.0524. The lowest BCUT2D eigenvalue weighted by atomic mass is 10.2. The monoisotopic (exact) mass is 293 g/mol.